The standard InChI is InChI=1S/C20H14F3N3OS/c21-20(22,23)18-12-5-1-2-6-14(12)25-11-13(18)19(27)24-10-9-17-26-15-7-3-4-8-16(15)28-17/h1-8,11H,9-10H2,(H,24,27). The quantitative estimate of drug-likeness (QED) is 0.533. The van der Waals surface area contributed by atoms with Gasteiger partial charge in [0.05, 0.1) is 31.9 Å². The number of carbonyl (C=O) groups excluding carboxylic acids is 1. The molecule has 0 aliphatic heterocycles. The molecular formula is C20H14F3N3OS. The van der Waals surface area contributed by atoms with Crippen LogP contribution in [0.5, 0.6) is 0 Å². The molecule has 28 heavy (non-hydrogen) atoms. The summed E-state index contributed by atoms with van der Waals surface area (Å²) in [4.78, 5) is 20.9. The fraction of sp³-hybridized carbons (Fsp3) is 0.150. The van der Waals surface area contributed by atoms with Gasteiger partial charge in [-0.05, 0) is 18.2 Å². The Balaban J connectivity index is 1.55. The molecule has 0 aliphatic rings. The Bertz CT molecular complexity index is 1140. The SMILES string of the molecule is O=C(NCCc1nc2ccccc2s1)c1cnc2ccccc2c1C(F)(F)F. The molecule has 1 N–H and O–H groups in total. The highest BCUT2D eigenvalue weighted by Crippen LogP contribution is 2.36. The average Bonchev–Trinajstić information content (AvgIpc) is 3.09. The fourth-order valence-corrected chi connectivity index (χ4v) is 3.99. The van der Waals surface area contributed by atoms with Crippen LogP contribution in [0.2, 0.25) is 0 Å². The number of amides is 1. The van der Waals surface area contributed by atoms with Crippen LogP contribution in [0.25, 0.3) is 21.1 Å². The molecule has 0 saturated carbocycles. The van der Waals surface area contributed by atoms with E-state index in [2.05, 4.69) is 15.3 Å². The topological polar surface area (TPSA) is 54.9 Å². The number of hydrogen-bond acceptors (Lipinski definition) is 4. The van der Waals surface area contributed by atoms with Crippen molar-refractivity contribution in [3.63, 3.8) is 0 Å². The van der Waals surface area contributed by atoms with E-state index in [1.165, 1.54) is 29.5 Å². The van der Waals surface area contributed by atoms with Crippen molar-refractivity contribution in [2.24, 2.45) is 0 Å². The van der Waals surface area contributed by atoms with Crippen molar-refractivity contribution in [2.75, 3.05) is 6.54 Å². The molecule has 142 valence electrons. The number of halogens is 3. The minimum atomic E-state index is -4.66. The van der Waals surface area contributed by atoms with Crippen LogP contribution in [0.1, 0.15) is 20.9 Å². The van der Waals surface area contributed by atoms with Crippen LogP contribution in [0, 0.1) is 0 Å². The van der Waals surface area contributed by atoms with E-state index >= 15 is 0 Å². The molecule has 0 fully saturated rings. The molecule has 0 unspecified atom stereocenters. The largest absolute Gasteiger partial charge is 0.417 e. The van der Waals surface area contributed by atoms with Crippen LogP contribution in [-0.2, 0) is 12.6 Å². The van der Waals surface area contributed by atoms with E-state index in [9.17, 15) is 18.0 Å². The van der Waals surface area contributed by atoms with Gasteiger partial charge in [0.1, 0.15) is 0 Å². The lowest BCUT2D eigenvalue weighted by atomic mass is 10.0. The number of carbonyl (C=O) groups is 1. The molecule has 0 bridgehead atoms. The molecule has 4 rings (SSSR count). The number of rotatable bonds is 4. The average molecular weight is 401 g/mol. The predicted octanol–water partition coefficient (Wildman–Crippen LogP) is 4.84. The zero-order chi connectivity index (χ0) is 19.7. The first-order chi connectivity index (χ1) is 13.4. The summed E-state index contributed by atoms with van der Waals surface area (Å²) in [5.41, 5.74) is -0.376. The maximum atomic E-state index is 13.6. The van der Waals surface area contributed by atoms with Gasteiger partial charge in [0.2, 0.25) is 0 Å². The van der Waals surface area contributed by atoms with Gasteiger partial charge in [0.25, 0.3) is 5.91 Å². The third-order valence-electron chi connectivity index (χ3n) is 4.27. The highest BCUT2D eigenvalue weighted by molar-refractivity contribution is 7.18. The van der Waals surface area contributed by atoms with E-state index in [-0.39, 0.29) is 17.4 Å². The first-order valence-electron chi connectivity index (χ1n) is 8.51. The van der Waals surface area contributed by atoms with Crippen LogP contribution in [-0.4, -0.2) is 22.4 Å². The molecule has 0 atom stereocenters. The van der Waals surface area contributed by atoms with Gasteiger partial charge in [-0.3, -0.25) is 9.78 Å². The van der Waals surface area contributed by atoms with Gasteiger partial charge < -0.3 is 5.32 Å². The van der Waals surface area contributed by atoms with Gasteiger partial charge >= 0.3 is 6.18 Å². The maximum absolute atomic E-state index is 13.6. The molecule has 0 saturated heterocycles. The van der Waals surface area contributed by atoms with Crippen molar-refractivity contribution in [3.05, 3.63) is 70.9 Å². The molecule has 0 aliphatic carbocycles. The maximum Gasteiger partial charge on any atom is 0.417 e. The Kier molecular flexibility index (Phi) is 4.72. The van der Waals surface area contributed by atoms with Crippen molar-refractivity contribution < 1.29 is 18.0 Å². The van der Waals surface area contributed by atoms with Crippen LogP contribution in [0.3, 0.4) is 0 Å². The Morgan fingerprint density at radius 1 is 1.04 bits per heavy atom. The summed E-state index contributed by atoms with van der Waals surface area (Å²) in [5, 5.41) is 3.28. The normalized spacial score (nSPS) is 11.8. The van der Waals surface area contributed by atoms with Crippen molar-refractivity contribution in [1.29, 1.82) is 0 Å². The minimum absolute atomic E-state index is 0.0891. The van der Waals surface area contributed by atoms with Gasteiger partial charge in [0.15, 0.2) is 0 Å². The molecule has 2 heterocycles. The molecular weight excluding hydrogens is 387 g/mol. The monoisotopic (exact) mass is 401 g/mol. The van der Waals surface area contributed by atoms with Crippen molar-refractivity contribution in [3.8, 4) is 0 Å². The van der Waals surface area contributed by atoms with Crippen LogP contribution in [0.15, 0.2) is 54.7 Å². The van der Waals surface area contributed by atoms with Crippen LogP contribution in [0.4, 0.5) is 13.2 Å². The molecule has 0 spiro atoms. The number of para-hydroxylation sites is 2. The number of aromatic nitrogens is 2. The lowest BCUT2D eigenvalue weighted by molar-refractivity contribution is -0.136. The predicted molar refractivity (Wildman–Crippen MR) is 102 cm³/mol. The van der Waals surface area contributed by atoms with E-state index in [0.717, 1.165) is 21.4 Å². The van der Waals surface area contributed by atoms with Gasteiger partial charge in [-0.1, -0.05) is 30.3 Å². The Hall–Kier alpha value is -3.00. The molecule has 8 heteroatoms. The summed E-state index contributed by atoms with van der Waals surface area (Å²) in [5.74, 6) is -0.799. The van der Waals surface area contributed by atoms with E-state index in [1.54, 1.807) is 6.07 Å². The van der Waals surface area contributed by atoms with Crippen LogP contribution < -0.4 is 5.32 Å². The zero-order valence-corrected chi connectivity index (χ0v) is 15.3. The zero-order valence-electron chi connectivity index (χ0n) is 14.5. The summed E-state index contributed by atoms with van der Waals surface area (Å²) in [6, 6.07) is 13.6. The van der Waals surface area contributed by atoms with Gasteiger partial charge in [-0.2, -0.15) is 13.2 Å². The summed E-state index contributed by atoms with van der Waals surface area (Å²) in [6.45, 7) is 0.183. The Morgan fingerprint density at radius 3 is 2.50 bits per heavy atom. The lowest BCUT2D eigenvalue weighted by Gasteiger charge is -2.15. The van der Waals surface area contributed by atoms with Gasteiger partial charge in [-0.15, -0.1) is 11.3 Å². The number of alkyl halides is 3. The van der Waals surface area contributed by atoms with Crippen molar-refractivity contribution in [2.45, 2.75) is 12.6 Å². The molecule has 2 aromatic heterocycles. The third-order valence-corrected chi connectivity index (χ3v) is 5.36. The number of hydrogen-bond donors (Lipinski definition) is 1. The summed E-state index contributed by atoms with van der Waals surface area (Å²) < 4.78 is 41.9. The number of benzene rings is 2. The van der Waals surface area contributed by atoms with Crippen LogP contribution >= 0.6 is 11.3 Å². The third kappa shape index (κ3) is 3.55. The number of nitrogens with one attached hydrogen (secondary N) is 1. The summed E-state index contributed by atoms with van der Waals surface area (Å²) in [6.07, 6.45) is -3.24. The molecule has 0 radical (unpaired) electrons. The van der Waals surface area contributed by atoms with Gasteiger partial charge in [0, 0.05) is 24.5 Å². The second kappa shape index (κ2) is 7.20. The number of pyridine rings is 1. The summed E-state index contributed by atoms with van der Waals surface area (Å²) >= 11 is 1.50. The fourth-order valence-electron chi connectivity index (χ4n) is 3.02. The number of nitrogens with zero attached hydrogens (tertiary/aromatic N) is 2. The molecule has 1 amide bonds. The Labute approximate surface area is 162 Å². The lowest BCUT2D eigenvalue weighted by Crippen LogP contribution is -2.28. The molecule has 4 nitrogen and oxygen atoms in total. The number of fused-ring (bicyclic) bond motifs is 2. The molecule has 4 aromatic rings. The van der Waals surface area contributed by atoms with E-state index < -0.39 is 23.2 Å². The minimum Gasteiger partial charge on any atom is -0.352 e. The second-order valence-electron chi connectivity index (χ2n) is 6.14. The Morgan fingerprint density at radius 2 is 1.75 bits per heavy atom. The van der Waals surface area contributed by atoms with E-state index in [0.29, 0.717) is 6.42 Å². The smallest absolute Gasteiger partial charge is 0.352 e. The second-order valence-corrected chi connectivity index (χ2v) is 7.26. The highest BCUT2D eigenvalue weighted by Gasteiger charge is 2.37. The van der Waals surface area contributed by atoms with Crippen molar-refractivity contribution in [1.82, 2.24) is 15.3 Å². The first kappa shape index (κ1) is 18.4. The van der Waals surface area contributed by atoms with Crippen molar-refractivity contribution >= 4 is 38.4 Å². The van der Waals surface area contributed by atoms with E-state index in [4.69, 9.17) is 0 Å². The highest BCUT2D eigenvalue weighted by atomic mass is 32.1. The van der Waals surface area contributed by atoms with Gasteiger partial charge in [-0.25, -0.2) is 4.98 Å². The summed E-state index contributed by atoms with van der Waals surface area (Å²) in [7, 11) is 0. The molecule has 2 aromatic carbocycles. The first-order valence-corrected chi connectivity index (χ1v) is 9.33. The van der Waals surface area contributed by atoms with E-state index in [1.807, 2.05) is 24.3 Å². The number of thiazole rings is 1.